The number of methoxy groups -OCH3 is 1. The van der Waals surface area contributed by atoms with Gasteiger partial charge < -0.3 is 10.1 Å². The van der Waals surface area contributed by atoms with Crippen molar-refractivity contribution in [2.75, 3.05) is 14.2 Å². The number of ether oxygens (including phenoxy) is 1. The van der Waals surface area contributed by atoms with Crippen LogP contribution in [0.4, 0.5) is 0 Å². The van der Waals surface area contributed by atoms with Gasteiger partial charge in [-0.25, -0.2) is 0 Å². The highest BCUT2D eigenvalue weighted by Crippen LogP contribution is 2.24. The fourth-order valence-electron chi connectivity index (χ4n) is 3.05. The number of carbonyl (C=O) groups excluding carboxylic acids is 1. The second-order valence-electron chi connectivity index (χ2n) is 6.39. The molecule has 0 unspecified atom stereocenters. The molecule has 0 saturated heterocycles. The first-order valence-corrected chi connectivity index (χ1v) is 8.72. The van der Waals surface area contributed by atoms with E-state index in [4.69, 9.17) is 16.3 Å². The molecular weight excluding hydrogens is 312 g/mol. The highest BCUT2D eigenvalue weighted by atomic mass is 35.5. The average Bonchev–Trinajstić information content (AvgIpc) is 2.55. The second kappa shape index (κ2) is 8.55. The van der Waals surface area contributed by atoms with E-state index in [1.165, 1.54) is 19.3 Å². The van der Waals surface area contributed by atoms with Crippen LogP contribution < -0.4 is 10.1 Å². The molecule has 2 rings (SSSR count). The Bertz CT molecular complexity index is 530. The van der Waals surface area contributed by atoms with Crippen LogP contribution in [-0.2, 0) is 11.3 Å². The third-order valence-electron chi connectivity index (χ3n) is 4.65. The normalized spacial score (nSPS) is 17.1. The monoisotopic (exact) mass is 338 g/mol. The van der Waals surface area contributed by atoms with Crippen LogP contribution in [0, 0.1) is 0 Å². The highest BCUT2D eigenvalue weighted by Gasteiger charge is 2.23. The predicted molar refractivity (Wildman–Crippen MR) is 93.9 cm³/mol. The maximum atomic E-state index is 12.5. The molecule has 1 aliphatic carbocycles. The Morgan fingerprint density at radius 2 is 2.09 bits per heavy atom. The first-order valence-electron chi connectivity index (χ1n) is 8.34. The summed E-state index contributed by atoms with van der Waals surface area (Å²) in [6.45, 7) is 2.55. The predicted octanol–water partition coefficient (Wildman–Crippen LogP) is 3.62. The van der Waals surface area contributed by atoms with Crippen molar-refractivity contribution in [1.82, 2.24) is 10.2 Å². The number of benzene rings is 1. The number of likely N-dealkylation sites (N-methyl/N-ethyl adjacent to an activating group) is 1. The lowest BCUT2D eigenvalue weighted by Gasteiger charge is -2.28. The van der Waals surface area contributed by atoms with Gasteiger partial charge >= 0.3 is 0 Å². The molecule has 0 heterocycles. The van der Waals surface area contributed by atoms with Crippen molar-refractivity contribution in [2.45, 2.75) is 57.7 Å². The SMILES string of the molecule is COc1ccc(Cl)cc1CN(C)[C@H](C)C(=O)NC1CCCCC1. The summed E-state index contributed by atoms with van der Waals surface area (Å²) in [7, 11) is 3.59. The van der Waals surface area contributed by atoms with Crippen LogP contribution in [0.1, 0.15) is 44.6 Å². The lowest BCUT2D eigenvalue weighted by atomic mass is 9.95. The summed E-state index contributed by atoms with van der Waals surface area (Å²) in [5.41, 5.74) is 0.986. The first-order chi connectivity index (χ1) is 11.0. The number of nitrogens with zero attached hydrogens (tertiary/aromatic N) is 1. The third kappa shape index (κ3) is 5.11. The molecule has 0 spiro atoms. The fraction of sp³-hybridized carbons (Fsp3) is 0.611. The first kappa shape index (κ1) is 18.1. The van der Waals surface area contributed by atoms with E-state index in [-0.39, 0.29) is 11.9 Å². The van der Waals surface area contributed by atoms with E-state index in [0.29, 0.717) is 17.6 Å². The summed E-state index contributed by atoms with van der Waals surface area (Å²) in [6.07, 6.45) is 5.93. The molecule has 1 fully saturated rings. The smallest absolute Gasteiger partial charge is 0.237 e. The summed E-state index contributed by atoms with van der Waals surface area (Å²) >= 11 is 6.07. The molecule has 0 radical (unpaired) electrons. The zero-order chi connectivity index (χ0) is 16.8. The van der Waals surface area contributed by atoms with Crippen LogP contribution in [0.2, 0.25) is 5.02 Å². The third-order valence-corrected chi connectivity index (χ3v) is 4.89. The van der Waals surface area contributed by atoms with E-state index in [1.807, 2.05) is 37.1 Å². The lowest BCUT2D eigenvalue weighted by Crippen LogP contribution is -2.47. The average molecular weight is 339 g/mol. The molecule has 1 aliphatic rings. The summed E-state index contributed by atoms with van der Waals surface area (Å²) in [5, 5.41) is 3.86. The zero-order valence-corrected chi connectivity index (χ0v) is 15.0. The minimum Gasteiger partial charge on any atom is -0.496 e. The molecule has 1 aromatic rings. The number of hydrogen-bond acceptors (Lipinski definition) is 3. The number of amides is 1. The maximum absolute atomic E-state index is 12.5. The van der Waals surface area contributed by atoms with Gasteiger partial charge in [-0.2, -0.15) is 0 Å². The van der Waals surface area contributed by atoms with Crippen molar-refractivity contribution in [3.8, 4) is 5.75 Å². The van der Waals surface area contributed by atoms with Crippen molar-refractivity contribution < 1.29 is 9.53 Å². The lowest BCUT2D eigenvalue weighted by molar-refractivity contribution is -0.126. The highest BCUT2D eigenvalue weighted by molar-refractivity contribution is 6.30. The number of halogens is 1. The quantitative estimate of drug-likeness (QED) is 0.861. The van der Waals surface area contributed by atoms with Crippen LogP contribution >= 0.6 is 11.6 Å². The fourth-order valence-corrected chi connectivity index (χ4v) is 3.24. The zero-order valence-electron chi connectivity index (χ0n) is 14.3. The summed E-state index contributed by atoms with van der Waals surface area (Å²) < 4.78 is 5.38. The Balaban J connectivity index is 1.94. The van der Waals surface area contributed by atoms with Gasteiger partial charge in [-0.05, 0) is 45.0 Å². The summed E-state index contributed by atoms with van der Waals surface area (Å²) in [5.74, 6) is 0.890. The van der Waals surface area contributed by atoms with Crippen molar-refractivity contribution in [2.24, 2.45) is 0 Å². The Morgan fingerprint density at radius 1 is 1.39 bits per heavy atom. The summed E-state index contributed by atoms with van der Waals surface area (Å²) in [6, 6.07) is 5.71. The van der Waals surface area contributed by atoms with Gasteiger partial charge in [-0.1, -0.05) is 30.9 Å². The van der Waals surface area contributed by atoms with Crippen molar-refractivity contribution in [3.63, 3.8) is 0 Å². The maximum Gasteiger partial charge on any atom is 0.237 e. The molecule has 1 aromatic carbocycles. The van der Waals surface area contributed by atoms with Crippen LogP contribution in [0.15, 0.2) is 18.2 Å². The molecule has 1 amide bonds. The van der Waals surface area contributed by atoms with Gasteiger partial charge in [-0.3, -0.25) is 9.69 Å². The topological polar surface area (TPSA) is 41.6 Å². The standard InChI is InChI=1S/C18H27ClN2O2/c1-13(18(22)20-16-7-5-4-6-8-16)21(2)12-14-11-15(19)9-10-17(14)23-3/h9-11,13,16H,4-8,12H2,1-3H3,(H,20,22)/t13-/m1/s1. The number of carbonyl (C=O) groups is 1. The Hall–Kier alpha value is -1.26. The molecule has 0 aliphatic heterocycles. The van der Waals surface area contributed by atoms with E-state index in [0.717, 1.165) is 24.2 Å². The van der Waals surface area contributed by atoms with Crippen LogP contribution in [0.3, 0.4) is 0 Å². The van der Waals surface area contributed by atoms with Gasteiger partial charge in [0.15, 0.2) is 0 Å². The van der Waals surface area contributed by atoms with Gasteiger partial charge in [0.1, 0.15) is 5.75 Å². The number of hydrogen-bond donors (Lipinski definition) is 1. The summed E-state index contributed by atoms with van der Waals surface area (Å²) in [4.78, 5) is 14.5. The molecular formula is C18H27ClN2O2. The van der Waals surface area contributed by atoms with E-state index < -0.39 is 0 Å². The van der Waals surface area contributed by atoms with Gasteiger partial charge in [0.2, 0.25) is 5.91 Å². The number of rotatable bonds is 6. The minimum absolute atomic E-state index is 0.0976. The molecule has 4 nitrogen and oxygen atoms in total. The van der Waals surface area contributed by atoms with E-state index in [2.05, 4.69) is 5.32 Å². The second-order valence-corrected chi connectivity index (χ2v) is 6.83. The van der Waals surface area contributed by atoms with Crippen LogP contribution in [-0.4, -0.2) is 37.0 Å². The molecule has 23 heavy (non-hydrogen) atoms. The Kier molecular flexibility index (Phi) is 6.72. The van der Waals surface area contributed by atoms with E-state index in [1.54, 1.807) is 7.11 Å². The largest absolute Gasteiger partial charge is 0.496 e. The molecule has 0 aromatic heterocycles. The van der Waals surface area contributed by atoms with E-state index in [9.17, 15) is 4.79 Å². The van der Waals surface area contributed by atoms with Crippen LogP contribution in [0.25, 0.3) is 0 Å². The van der Waals surface area contributed by atoms with Gasteiger partial charge in [0, 0.05) is 23.2 Å². The molecule has 128 valence electrons. The Morgan fingerprint density at radius 3 is 2.74 bits per heavy atom. The molecule has 1 N–H and O–H groups in total. The van der Waals surface area contributed by atoms with Crippen molar-refractivity contribution in [1.29, 1.82) is 0 Å². The minimum atomic E-state index is -0.194. The van der Waals surface area contributed by atoms with Crippen LogP contribution in [0.5, 0.6) is 5.75 Å². The van der Waals surface area contributed by atoms with Crippen molar-refractivity contribution in [3.05, 3.63) is 28.8 Å². The Labute approximate surface area is 144 Å². The van der Waals surface area contributed by atoms with Crippen molar-refractivity contribution >= 4 is 17.5 Å². The molecule has 1 saturated carbocycles. The molecule has 5 heteroatoms. The van der Waals surface area contributed by atoms with E-state index >= 15 is 0 Å². The number of nitrogens with one attached hydrogen (secondary N) is 1. The van der Waals surface area contributed by atoms with Gasteiger partial charge in [-0.15, -0.1) is 0 Å². The molecule has 1 atom stereocenters. The molecule has 0 bridgehead atoms. The van der Waals surface area contributed by atoms with Gasteiger partial charge in [0.25, 0.3) is 0 Å². The van der Waals surface area contributed by atoms with Gasteiger partial charge in [0.05, 0.1) is 13.2 Å².